The van der Waals surface area contributed by atoms with Gasteiger partial charge in [0.1, 0.15) is 12.2 Å². The van der Waals surface area contributed by atoms with Gasteiger partial charge in [0.2, 0.25) is 0 Å². The maximum Gasteiger partial charge on any atom is 0.261 e. The highest BCUT2D eigenvalue weighted by atomic mass is 127. The minimum Gasteiger partial charge on any atom is -0.372 e. The first kappa shape index (κ1) is 24.1. The monoisotopic (exact) mass is 583 g/mol. The Kier molecular flexibility index (Phi) is 7.57. The third-order valence-corrected chi connectivity index (χ3v) is 7.30. The summed E-state index contributed by atoms with van der Waals surface area (Å²) in [5, 5.41) is 0. The van der Waals surface area contributed by atoms with Gasteiger partial charge in [-0.1, -0.05) is 95.4 Å². The van der Waals surface area contributed by atoms with E-state index in [9.17, 15) is 9.59 Å². The van der Waals surface area contributed by atoms with Crippen molar-refractivity contribution < 1.29 is 23.8 Å². The molecule has 2 aliphatic heterocycles. The zero-order chi connectivity index (χ0) is 24.2. The van der Waals surface area contributed by atoms with Crippen molar-refractivity contribution in [1.29, 1.82) is 0 Å². The van der Waals surface area contributed by atoms with Gasteiger partial charge in [0.15, 0.2) is 0 Å². The molecule has 1 fully saturated rings. The maximum absolute atomic E-state index is 13.3. The van der Waals surface area contributed by atoms with Crippen LogP contribution in [-0.4, -0.2) is 52.1 Å². The first-order valence-corrected chi connectivity index (χ1v) is 13.2. The molecule has 0 aliphatic carbocycles. The van der Waals surface area contributed by atoms with Gasteiger partial charge in [0, 0.05) is 4.43 Å². The largest absolute Gasteiger partial charge is 0.372 e. The lowest BCUT2D eigenvalue weighted by Gasteiger charge is -2.44. The fourth-order valence-electron chi connectivity index (χ4n) is 4.65. The Morgan fingerprint density at radius 1 is 0.743 bits per heavy atom. The molecule has 1 saturated heterocycles. The van der Waals surface area contributed by atoms with Gasteiger partial charge in [-0.25, -0.2) is 0 Å². The molecule has 6 nitrogen and oxygen atoms in total. The summed E-state index contributed by atoms with van der Waals surface area (Å²) in [6.45, 7) is 0.913. The maximum atomic E-state index is 13.3. The van der Waals surface area contributed by atoms with Crippen LogP contribution >= 0.6 is 22.6 Å². The number of carbonyl (C=O) groups excluding carboxylic acids is 2. The second-order valence-corrected chi connectivity index (χ2v) is 9.52. The number of hydrogen-bond acceptors (Lipinski definition) is 5. The Bertz CT molecular complexity index is 1140. The van der Waals surface area contributed by atoms with Crippen LogP contribution in [0.2, 0.25) is 0 Å². The van der Waals surface area contributed by atoms with Crippen molar-refractivity contribution in [2.45, 2.75) is 37.6 Å². The summed E-state index contributed by atoms with van der Waals surface area (Å²) in [5.41, 5.74) is 2.87. The number of nitrogens with zero attached hydrogens (tertiary/aromatic N) is 1. The molecule has 7 heteroatoms. The number of alkyl halides is 1. The Labute approximate surface area is 218 Å². The molecule has 2 aliphatic rings. The van der Waals surface area contributed by atoms with Crippen LogP contribution in [0.5, 0.6) is 0 Å². The molecule has 0 spiro atoms. The number of imide groups is 1. The Morgan fingerprint density at radius 2 is 1.23 bits per heavy atom. The summed E-state index contributed by atoms with van der Waals surface area (Å²) >= 11 is 2.28. The smallest absolute Gasteiger partial charge is 0.261 e. The lowest BCUT2D eigenvalue weighted by molar-refractivity contribution is -0.197. The van der Waals surface area contributed by atoms with E-state index in [0.717, 1.165) is 11.1 Å². The van der Waals surface area contributed by atoms with Crippen molar-refractivity contribution in [3.05, 3.63) is 107 Å². The van der Waals surface area contributed by atoms with E-state index in [1.807, 2.05) is 60.7 Å². The molecule has 1 unspecified atom stereocenters. The highest BCUT2D eigenvalue weighted by Crippen LogP contribution is 2.33. The quantitative estimate of drug-likeness (QED) is 0.220. The van der Waals surface area contributed by atoms with E-state index in [0.29, 0.717) is 28.8 Å². The summed E-state index contributed by atoms with van der Waals surface area (Å²) in [7, 11) is 0. The fraction of sp³-hybridized carbons (Fsp3) is 0.286. The van der Waals surface area contributed by atoms with Gasteiger partial charge in [0.05, 0.1) is 43.1 Å². The van der Waals surface area contributed by atoms with E-state index in [1.54, 1.807) is 24.3 Å². The summed E-state index contributed by atoms with van der Waals surface area (Å²) in [5.74, 6) is -0.635. The molecule has 2 amide bonds. The third kappa shape index (κ3) is 5.04. The molecule has 3 aromatic rings. The number of amides is 2. The molecule has 0 aromatic heterocycles. The lowest BCUT2D eigenvalue weighted by Crippen LogP contribution is -2.62. The SMILES string of the molecule is O=C1c2ccccc2C(=O)N1[C@@H]1COC(CI)[C@@H](OCc2ccccc2)[C@@H]1OCc1ccccc1. The molecule has 180 valence electrons. The van der Waals surface area contributed by atoms with Crippen molar-refractivity contribution in [3.63, 3.8) is 0 Å². The van der Waals surface area contributed by atoms with Gasteiger partial charge < -0.3 is 14.2 Å². The average molecular weight is 583 g/mol. The van der Waals surface area contributed by atoms with Crippen LogP contribution in [0.25, 0.3) is 0 Å². The van der Waals surface area contributed by atoms with E-state index in [-0.39, 0.29) is 24.5 Å². The van der Waals surface area contributed by atoms with Crippen LogP contribution in [0.4, 0.5) is 0 Å². The summed E-state index contributed by atoms with van der Waals surface area (Å²) < 4.78 is 19.7. The third-order valence-electron chi connectivity index (χ3n) is 6.43. The molecule has 2 heterocycles. The van der Waals surface area contributed by atoms with E-state index in [2.05, 4.69) is 22.6 Å². The molecule has 0 N–H and O–H groups in total. The highest BCUT2D eigenvalue weighted by Gasteiger charge is 2.50. The molecule has 35 heavy (non-hydrogen) atoms. The van der Waals surface area contributed by atoms with E-state index < -0.39 is 18.2 Å². The normalized spacial score (nSPS) is 24.0. The topological polar surface area (TPSA) is 65.1 Å². The van der Waals surface area contributed by atoms with E-state index >= 15 is 0 Å². The second-order valence-electron chi connectivity index (χ2n) is 8.64. The van der Waals surface area contributed by atoms with E-state index in [4.69, 9.17) is 14.2 Å². The predicted molar refractivity (Wildman–Crippen MR) is 139 cm³/mol. The molecule has 3 aromatic carbocycles. The van der Waals surface area contributed by atoms with Gasteiger partial charge in [-0.15, -0.1) is 0 Å². The molecular formula is C28H26INO5. The zero-order valence-electron chi connectivity index (χ0n) is 19.1. The molecule has 5 rings (SSSR count). The molecule has 4 atom stereocenters. The van der Waals surface area contributed by atoms with Crippen LogP contribution in [0.3, 0.4) is 0 Å². The molecular weight excluding hydrogens is 557 g/mol. The van der Waals surface area contributed by atoms with Crippen molar-refractivity contribution >= 4 is 34.4 Å². The van der Waals surface area contributed by atoms with Gasteiger partial charge in [-0.2, -0.15) is 0 Å². The lowest BCUT2D eigenvalue weighted by atomic mass is 9.96. The van der Waals surface area contributed by atoms with Gasteiger partial charge in [-0.3, -0.25) is 14.5 Å². The van der Waals surface area contributed by atoms with Crippen LogP contribution in [0.15, 0.2) is 84.9 Å². The minimum absolute atomic E-state index is 0.198. The number of benzene rings is 3. The Morgan fingerprint density at radius 3 is 1.74 bits per heavy atom. The zero-order valence-corrected chi connectivity index (χ0v) is 21.2. The summed E-state index contributed by atoms with van der Waals surface area (Å²) in [6.07, 6.45) is -1.24. The van der Waals surface area contributed by atoms with Gasteiger partial charge in [0.25, 0.3) is 11.8 Å². The van der Waals surface area contributed by atoms with Gasteiger partial charge >= 0.3 is 0 Å². The standard InChI is InChI=1S/C28H26INO5/c29-15-24-26(35-17-20-11-5-2-6-12-20)25(34-16-19-9-3-1-4-10-19)23(18-33-24)30-27(31)21-13-7-8-14-22(21)28(30)32/h1-14,23-26H,15-18H2/t23-,24?,25-,26-/m1/s1. The number of rotatable bonds is 8. The molecule has 0 saturated carbocycles. The number of carbonyl (C=O) groups is 2. The van der Waals surface area contributed by atoms with Crippen LogP contribution in [-0.2, 0) is 27.4 Å². The number of halogens is 1. The number of ether oxygens (including phenoxy) is 3. The average Bonchev–Trinajstić information content (AvgIpc) is 3.16. The Balaban J connectivity index is 1.45. The molecule has 0 radical (unpaired) electrons. The van der Waals surface area contributed by atoms with Crippen molar-refractivity contribution in [3.8, 4) is 0 Å². The fourth-order valence-corrected chi connectivity index (χ4v) is 5.40. The molecule has 0 bridgehead atoms. The first-order valence-electron chi connectivity index (χ1n) is 11.6. The minimum atomic E-state index is -0.605. The van der Waals surface area contributed by atoms with Crippen molar-refractivity contribution in [2.24, 2.45) is 0 Å². The predicted octanol–water partition coefficient (Wildman–Crippen LogP) is 4.66. The van der Waals surface area contributed by atoms with Crippen molar-refractivity contribution in [1.82, 2.24) is 4.90 Å². The number of hydrogen-bond donors (Lipinski definition) is 0. The second kappa shape index (κ2) is 11.0. The summed E-state index contributed by atoms with van der Waals surface area (Å²) in [6, 6.07) is 26.1. The Hall–Kier alpha value is -2.59. The highest BCUT2D eigenvalue weighted by molar-refractivity contribution is 14.1. The van der Waals surface area contributed by atoms with Gasteiger partial charge in [-0.05, 0) is 23.3 Å². The van der Waals surface area contributed by atoms with Crippen LogP contribution < -0.4 is 0 Å². The van der Waals surface area contributed by atoms with Crippen molar-refractivity contribution in [2.75, 3.05) is 11.0 Å². The first-order chi connectivity index (χ1) is 17.2. The van der Waals surface area contributed by atoms with Crippen LogP contribution in [0, 0.1) is 0 Å². The van der Waals surface area contributed by atoms with E-state index in [1.165, 1.54) is 4.90 Å². The van der Waals surface area contributed by atoms with Crippen LogP contribution in [0.1, 0.15) is 31.8 Å². The number of fused-ring (bicyclic) bond motifs is 1. The summed E-state index contributed by atoms with van der Waals surface area (Å²) in [4.78, 5) is 27.9.